The zero-order valence-electron chi connectivity index (χ0n) is 11.2. The van der Waals surface area contributed by atoms with Gasteiger partial charge < -0.3 is 15.6 Å². The number of nitrogens with one attached hydrogen (secondary N) is 3. The van der Waals surface area contributed by atoms with Crippen molar-refractivity contribution >= 4 is 23.1 Å². The summed E-state index contributed by atoms with van der Waals surface area (Å²) in [6.07, 6.45) is -3.44. The summed E-state index contributed by atoms with van der Waals surface area (Å²) in [6, 6.07) is 3.64. The van der Waals surface area contributed by atoms with E-state index in [0.717, 1.165) is 4.88 Å². The number of carbonyl (C=O) groups is 1. The number of hydrogen-bond donors (Lipinski definition) is 3. The highest BCUT2D eigenvalue weighted by Crippen LogP contribution is 2.29. The van der Waals surface area contributed by atoms with Crippen LogP contribution < -0.4 is 16.2 Å². The van der Waals surface area contributed by atoms with Crippen molar-refractivity contribution in [3.63, 3.8) is 0 Å². The molecule has 2 heterocycles. The van der Waals surface area contributed by atoms with E-state index in [1.54, 1.807) is 0 Å². The molecule has 5 nitrogen and oxygen atoms in total. The number of rotatable bonds is 4. The molecular weight excluding hydrogens is 319 g/mol. The van der Waals surface area contributed by atoms with Gasteiger partial charge in [-0.15, -0.1) is 11.3 Å². The standard InChI is InChI=1S/C13H12F3N3O2S/c14-13(15,16)8-6-10(11(20)18-7-8)19-12(21)17-4-3-9-2-1-5-22-9/h1-2,5-7H,3-4H2,(H,18,20)(H2,17,19,21). The molecule has 0 aliphatic heterocycles. The number of amides is 2. The Bertz CT molecular complexity index is 695. The smallest absolute Gasteiger partial charge is 0.338 e. The van der Waals surface area contributed by atoms with Crippen LogP contribution in [0.2, 0.25) is 0 Å². The van der Waals surface area contributed by atoms with E-state index < -0.39 is 29.0 Å². The van der Waals surface area contributed by atoms with Crippen LogP contribution >= 0.6 is 11.3 Å². The third-order valence-electron chi connectivity index (χ3n) is 2.72. The topological polar surface area (TPSA) is 74.0 Å². The second-order valence-corrected chi connectivity index (χ2v) is 5.37. The minimum atomic E-state index is -4.60. The van der Waals surface area contributed by atoms with Gasteiger partial charge in [-0.1, -0.05) is 6.07 Å². The van der Waals surface area contributed by atoms with Crippen LogP contribution in [0.4, 0.5) is 23.7 Å². The van der Waals surface area contributed by atoms with E-state index in [1.165, 1.54) is 11.3 Å². The summed E-state index contributed by atoms with van der Waals surface area (Å²) in [6.45, 7) is 0.309. The van der Waals surface area contributed by atoms with Crippen LogP contribution in [0.25, 0.3) is 0 Å². The first-order chi connectivity index (χ1) is 10.4. The van der Waals surface area contributed by atoms with Crippen molar-refractivity contribution in [1.82, 2.24) is 10.3 Å². The molecule has 0 bridgehead atoms. The van der Waals surface area contributed by atoms with Crippen LogP contribution in [0.5, 0.6) is 0 Å². The van der Waals surface area contributed by atoms with Crippen LogP contribution in [0.15, 0.2) is 34.6 Å². The molecule has 22 heavy (non-hydrogen) atoms. The van der Waals surface area contributed by atoms with Gasteiger partial charge in [0.1, 0.15) is 5.69 Å². The fourth-order valence-corrected chi connectivity index (χ4v) is 2.37. The molecular formula is C13H12F3N3O2S. The third kappa shape index (κ3) is 4.35. The summed E-state index contributed by atoms with van der Waals surface area (Å²) in [5.74, 6) is 0. The first-order valence-electron chi connectivity index (χ1n) is 6.23. The van der Waals surface area contributed by atoms with Gasteiger partial charge in [-0.25, -0.2) is 4.79 Å². The summed E-state index contributed by atoms with van der Waals surface area (Å²) in [5, 5.41) is 6.49. The lowest BCUT2D eigenvalue weighted by Gasteiger charge is -2.09. The molecule has 0 radical (unpaired) electrons. The zero-order valence-corrected chi connectivity index (χ0v) is 12.0. The van der Waals surface area contributed by atoms with Gasteiger partial charge in [0.2, 0.25) is 0 Å². The van der Waals surface area contributed by atoms with E-state index in [2.05, 4.69) is 10.6 Å². The number of halogens is 3. The van der Waals surface area contributed by atoms with E-state index in [4.69, 9.17) is 0 Å². The monoisotopic (exact) mass is 331 g/mol. The van der Waals surface area contributed by atoms with Crippen molar-refractivity contribution in [2.24, 2.45) is 0 Å². The van der Waals surface area contributed by atoms with Crippen LogP contribution in [0.1, 0.15) is 10.4 Å². The average Bonchev–Trinajstić information content (AvgIpc) is 2.93. The number of alkyl halides is 3. The molecule has 0 atom stereocenters. The van der Waals surface area contributed by atoms with E-state index >= 15 is 0 Å². The maximum Gasteiger partial charge on any atom is 0.417 e. The van der Waals surface area contributed by atoms with Gasteiger partial charge >= 0.3 is 12.2 Å². The van der Waals surface area contributed by atoms with Gasteiger partial charge in [-0.2, -0.15) is 13.2 Å². The highest BCUT2D eigenvalue weighted by Gasteiger charge is 2.31. The Kier molecular flexibility index (Phi) is 4.86. The number of carbonyl (C=O) groups excluding carboxylic acids is 1. The Morgan fingerprint density at radius 2 is 2.14 bits per heavy atom. The average molecular weight is 331 g/mol. The number of pyridine rings is 1. The van der Waals surface area contributed by atoms with Crippen molar-refractivity contribution in [3.05, 3.63) is 50.6 Å². The first kappa shape index (κ1) is 16.1. The molecule has 2 aromatic rings. The lowest BCUT2D eigenvalue weighted by molar-refractivity contribution is -0.137. The molecule has 2 rings (SSSR count). The van der Waals surface area contributed by atoms with Crippen molar-refractivity contribution in [2.45, 2.75) is 12.6 Å². The molecule has 0 saturated carbocycles. The Morgan fingerprint density at radius 3 is 2.77 bits per heavy atom. The summed E-state index contributed by atoms with van der Waals surface area (Å²) in [5.41, 5.74) is -2.30. The molecule has 3 N–H and O–H groups in total. The number of aromatic nitrogens is 1. The molecule has 0 aliphatic rings. The normalized spacial score (nSPS) is 11.2. The molecule has 0 unspecified atom stereocenters. The molecule has 0 aromatic carbocycles. The van der Waals surface area contributed by atoms with E-state index in [9.17, 15) is 22.8 Å². The van der Waals surface area contributed by atoms with E-state index in [0.29, 0.717) is 25.2 Å². The lowest BCUT2D eigenvalue weighted by atomic mass is 10.2. The fraction of sp³-hybridized carbons (Fsp3) is 0.231. The molecule has 0 fully saturated rings. The number of anilines is 1. The summed E-state index contributed by atoms with van der Waals surface area (Å²) < 4.78 is 37.6. The van der Waals surface area contributed by atoms with Crippen LogP contribution in [-0.4, -0.2) is 17.6 Å². The fourth-order valence-electron chi connectivity index (χ4n) is 1.66. The van der Waals surface area contributed by atoms with Gasteiger partial charge in [0.05, 0.1) is 5.56 Å². The third-order valence-corrected chi connectivity index (χ3v) is 3.65. The molecule has 2 aromatic heterocycles. The SMILES string of the molecule is O=C(NCCc1cccs1)Nc1cc(C(F)(F)F)c[nH]c1=O. The van der Waals surface area contributed by atoms with Crippen LogP contribution in [-0.2, 0) is 12.6 Å². The van der Waals surface area contributed by atoms with Gasteiger partial charge in [0.25, 0.3) is 5.56 Å². The number of H-pyrrole nitrogens is 1. The van der Waals surface area contributed by atoms with Crippen LogP contribution in [0, 0.1) is 0 Å². The summed E-state index contributed by atoms with van der Waals surface area (Å²) in [7, 11) is 0. The Balaban J connectivity index is 1.94. The molecule has 0 saturated heterocycles. The second kappa shape index (κ2) is 6.65. The maximum absolute atomic E-state index is 12.5. The van der Waals surface area contributed by atoms with Crippen molar-refractivity contribution in [1.29, 1.82) is 0 Å². The van der Waals surface area contributed by atoms with Gasteiger partial charge in [-0.3, -0.25) is 4.79 Å². The number of aromatic amines is 1. The highest BCUT2D eigenvalue weighted by atomic mass is 32.1. The molecule has 9 heteroatoms. The quantitative estimate of drug-likeness (QED) is 0.806. The number of hydrogen-bond acceptors (Lipinski definition) is 3. The van der Waals surface area contributed by atoms with Crippen LogP contribution in [0.3, 0.4) is 0 Å². The van der Waals surface area contributed by atoms with Gasteiger partial charge in [0, 0.05) is 17.6 Å². The Hall–Kier alpha value is -2.29. The number of urea groups is 1. The summed E-state index contributed by atoms with van der Waals surface area (Å²) in [4.78, 5) is 26.0. The van der Waals surface area contributed by atoms with Crippen molar-refractivity contribution < 1.29 is 18.0 Å². The minimum absolute atomic E-state index is 0.309. The first-order valence-corrected chi connectivity index (χ1v) is 7.11. The van der Waals surface area contributed by atoms with Crippen molar-refractivity contribution in [3.8, 4) is 0 Å². The molecule has 0 spiro atoms. The van der Waals surface area contributed by atoms with Crippen molar-refractivity contribution in [2.75, 3.05) is 11.9 Å². The van der Waals surface area contributed by atoms with Gasteiger partial charge in [0.15, 0.2) is 0 Å². The highest BCUT2D eigenvalue weighted by molar-refractivity contribution is 7.09. The molecule has 2 amide bonds. The Labute approximate surface area is 127 Å². The maximum atomic E-state index is 12.5. The predicted octanol–water partition coefficient (Wildman–Crippen LogP) is 2.82. The Morgan fingerprint density at radius 1 is 1.36 bits per heavy atom. The van der Waals surface area contributed by atoms with Gasteiger partial charge in [-0.05, 0) is 23.9 Å². The predicted molar refractivity (Wildman–Crippen MR) is 77.1 cm³/mol. The summed E-state index contributed by atoms with van der Waals surface area (Å²) >= 11 is 1.53. The molecule has 118 valence electrons. The lowest BCUT2D eigenvalue weighted by Crippen LogP contribution is -2.32. The minimum Gasteiger partial charge on any atom is -0.338 e. The zero-order chi connectivity index (χ0) is 16.2. The second-order valence-electron chi connectivity index (χ2n) is 4.34. The number of thiophene rings is 1. The van der Waals surface area contributed by atoms with E-state index in [1.807, 2.05) is 22.5 Å². The largest absolute Gasteiger partial charge is 0.417 e. The molecule has 0 aliphatic carbocycles. The van der Waals surface area contributed by atoms with E-state index in [-0.39, 0.29) is 0 Å².